The van der Waals surface area contributed by atoms with Gasteiger partial charge < -0.3 is 24.1 Å². The molecule has 1 saturated heterocycles. The zero-order chi connectivity index (χ0) is 21.8. The van der Waals surface area contributed by atoms with Crippen LogP contribution in [0.1, 0.15) is 36.5 Å². The molecule has 1 atom stereocenters. The lowest BCUT2D eigenvalue weighted by Crippen LogP contribution is -2.35. The van der Waals surface area contributed by atoms with Gasteiger partial charge in [-0.15, -0.1) is 0 Å². The van der Waals surface area contributed by atoms with E-state index in [1.165, 1.54) is 4.90 Å². The maximum atomic E-state index is 12.9. The molecule has 1 amide bonds. The van der Waals surface area contributed by atoms with Crippen molar-refractivity contribution in [2.45, 2.75) is 26.3 Å². The summed E-state index contributed by atoms with van der Waals surface area (Å²) in [6, 6.07) is 9.63. The highest BCUT2D eigenvalue weighted by atomic mass is 16.5. The standard InChI is InChI=1S/C23H28N2O5/c1-5-13-29-17-8-6-7-16(14-17)21(26)19-20(18-10-9-15(2)30-18)25(12-11-24(3)4)23(28)22(19)27/h6-10,14,20,26H,5,11-13H2,1-4H3/b21-19+. The van der Waals surface area contributed by atoms with E-state index in [1.54, 1.807) is 43.3 Å². The Labute approximate surface area is 176 Å². The van der Waals surface area contributed by atoms with Crippen molar-refractivity contribution in [3.05, 3.63) is 59.1 Å². The number of aliphatic hydroxyl groups is 1. The van der Waals surface area contributed by atoms with E-state index in [-0.39, 0.29) is 11.3 Å². The van der Waals surface area contributed by atoms with E-state index in [0.29, 0.717) is 42.5 Å². The van der Waals surface area contributed by atoms with Gasteiger partial charge in [0.2, 0.25) is 0 Å². The summed E-state index contributed by atoms with van der Waals surface area (Å²) in [6.45, 7) is 5.25. The van der Waals surface area contributed by atoms with Crippen molar-refractivity contribution >= 4 is 17.4 Å². The number of Topliss-reactive ketones (excluding diaryl/α,β-unsaturated/α-hetero) is 1. The second-order valence-corrected chi connectivity index (χ2v) is 7.62. The van der Waals surface area contributed by atoms with Crippen LogP contribution >= 0.6 is 0 Å². The quantitative estimate of drug-likeness (QED) is 0.407. The largest absolute Gasteiger partial charge is 0.507 e. The number of furan rings is 1. The van der Waals surface area contributed by atoms with Crippen LogP contribution in [0.4, 0.5) is 0 Å². The third-order valence-electron chi connectivity index (χ3n) is 4.94. The number of rotatable bonds is 8. The van der Waals surface area contributed by atoms with Gasteiger partial charge in [-0.2, -0.15) is 0 Å². The molecule has 0 aliphatic carbocycles. The number of aryl methyl sites for hydroxylation is 1. The number of benzene rings is 1. The molecule has 2 heterocycles. The van der Waals surface area contributed by atoms with Crippen molar-refractivity contribution in [1.29, 1.82) is 0 Å². The van der Waals surface area contributed by atoms with E-state index < -0.39 is 17.7 Å². The van der Waals surface area contributed by atoms with Gasteiger partial charge in [0.15, 0.2) is 0 Å². The highest BCUT2D eigenvalue weighted by Gasteiger charge is 2.47. The zero-order valence-electron chi connectivity index (χ0n) is 17.8. The van der Waals surface area contributed by atoms with E-state index in [2.05, 4.69) is 0 Å². The SMILES string of the molecule is CCCOc1cccc(/C(O)=C2\C(=O)C(=O)N(CCN(C)C)C2c2ccc(C)o2)c1. The van der Waals surface area contributed by atoms with Crippen molar-refractivity contribution in [2.75, 3.05) is 33.8 Å². The summed E-state index contributed by atoms with van der Waals surface area (Å²) in [6.07, 6.45) is 0.852. The molecule has 1 fully saturated rings. The number of carbonyl (C=O) groups excluding carboxylic acids is 2. The number of likely N-dealkylation sites (tertiary alicyclic amines) is 1. The first-order valence-electron chi connectivity index (χ1n) is 10.1. The maximum absolute atomic E-state index is 12.9. The normalized spacial score (nSPS) is 18.4. The minimum atomic E-state index is -0.779. The predicted octanol–water partition coefficient (Wildman–Crippen LogP) is 3.36. The van der Waals surface area contributed by atoms with Crippen molar-refractivity contribution < 1.29 is 23.8 Å². The molecule has 1 aliphatic rings. The van der Waals surface area contributed by atoms with Gasteiger partial charge in [-0.25, -0.2) is 0 Å². The number of hydrogen-bond donors (Lipinski definition) is 1. The Morgan fingerprint density at radius 2 is 2.00 bits per heavy atom. The molecule has 1 N–H and O–H groups in total. The lowest BCUT2D eigenvalue weighted by atomic mass is 9.99. The molecular weight excluding hydrogens is 384 g/mol. The summed E-state index contributed by atoms with van der Waals surface area (Å²) in [7, 11) is 3.79. The first-order valence-corrected chi connectivity index (χ1v) is 10.1. The molecule has 1 aromatic heterocycles. The van der Waals surface area contributed by atoms with Gasteiger partial charge >= 0.3 is 0 Å². The molecule has 0 saturated carbocycles. The lowest BCUT2D eigenvalue weighted by Gasteiger charge is -2.24. The molecule has 0 bridgehead atoms. The predicted molar refractivity (Wildman–Crippen MR) is 113 cm³/mol. The summed E-state index contributed by atoms with van der Waals surface area (Å²) in [4.78, 5) is 29.1. The minimum Gasteiger partial charge on any atom is -0.507 e. The third kappa shape index (κ3) is 4.41. The van der Waals surface area contributed by atoms with Gasteiger partial charge in [0.1, 0.15) is 29.1 Å². The van der Waals surface area contributed by atoms with Crippen LogP contribution in [-0.4, -0.2) is 60.4 Å². The van der Waals surface area contributed by atoms with Gasteiger partial charge in [0.25, 0.3) is 11.7 Å². The van der Waals surface area contributed by atoms with Crippen LogP contribution in [0.2, 0.25) is 0 Å². The summed E-state index contributed by atoms with van der Waals surface area (Å²) >= 11 is 0. The summed E-state index contributed by atoms with van der Waals surface area (Å²) in [5, 5.41) is 11.1. The first-order chi connectivity index (χ1) is 14.3. The molecule has 0 radical (unpaired) electrons. The van der Waals surface area contributed by atoms with E-state index in [4.69, 9.17) is 9.15 Å². The van der Waals surface area contributed by atoms with Gasteiger partial charge in [-0.3, -0.25) is 9.59 Å². The fourth-order valence-electron chi connectivity index (χ4n) is 3.42. The summed E-state index contributed by atoms with van der Waals surface area (Å²) < 4.78 is 11.4. The highest BCUT2D eigenvalue weighted by Crippen LogP contribution is 2.40. The molecule has 7 heteroatoms. The van der Waals surface area contributed by atoms with Crippen LogP contribution in [0.3, 0.4) is 0 Å². The van der Waals surface area contributed by atoms with Gasteiger partial charge in [0.05, 0.1) is 12.2 Å². The summed E-state index contributed by atoms with van der Waals surface area (Å²) in [5.74, 6) is 0.111. The molecular formula is C23H28N2O5. The van der Waals surface area contributed by atoms with Crippen LogP contribution in [0.15, 0.2) is 46.4 Å². The fourth-order valence-corrected chi connectivity index (χ4v) is 3.42. The van der Waals surface area contributed by atoms with Crippen molar-refractivity contribution in [1.82, 2.24) is 9.80 Å². The van der Waals surface area contributed by atoms with Crippen LogP contribution in [-0.2, 0) is 9.59 Å². The molecule has 1 aliphatic heterocycles. The van der Waals surface area contributed by atoms with Crippen LogP contribution in [0.5, 0.6) is 5.75 Å². The second kappa shape index (κ2) is 9.17. The average Bonchev–Trinajstić information content (AvgIpc) is 3.25. The van der Waals surface area contributed by atoms with E-state index in [0.717, 1.165) is 6.42 Å². The Bertz CT molecular complexity index is 960. The molecule has 0 spiro atoms. The van der Waals surface area contributed by atoms with E-state index in [9.17, 15) is 14.7 Å². The Balaban J connectivity index is 2.07. The topological polar surface area (TPSA) is 83.2 Å². The number of ketones is 1. The zero-order valence-corrected chi connectivity index (χ0v) is 17.8. The molecule has 30 heavy (non-hydrogen) atoms. The number of aliphatic hydroxyl groups excluding tert-OH is 1. The van der Waals surface area contributed by atoms with Crippen molar-refractivity contribution in [3.63, 3.8) is 0 Å². The number of amides is 1. The fraction of sp³-hybridized carbons (Fsp3) is 0.391. The Morgan fingerprint density at radius 1 is 1.23 bits per heavy atom. The monoisotopic (exact) mass is 412 g/mol. The third-order valence-corrected chi connectivity index (χ3v) is 4.94. The molecule has 1 unspecified atom stereocenters. The molecule has 2 aromatic rings. The van der Waals surface area contributed by atoms with Crippen LogP contribution < -0.4 is 4.74 Å². The smallest absolute Gasteiger partial charge is 0.295 e. The first kappa shape index (κ1) is 21.6. The Morgan fingerprint density at radius 3 is 2.63 bits per heavy atom. The minimum absolute atomic E-state index is 0.0285. The average molecular weight is 412 g/mol. The van der Waals surface area contributed by atoms with E-state index in [1.807, 2.05) is 25.9 Å². The lowest BCUT2D eigenvalue weighted by molar-refractivity contribution is -0.140. The number of hydrogen-bond acceptors (Lipinski definition) is 6. The number of carbonyl (C=O) groups is 2. The molecule has 1 aromatic carbocycles. The van der Waals surface area contributed by atoms with Gasteiger partial charge in [-0.05, 0) is 51.7 Å². The second-order valence-electron chi connectivity index (χ2n) is 7.62. The van der Waals surface area contributed by atoms with Crippen LogP contribution in [0, 0.1) is 6.92 Å². The summed E-state index contributed by atoms with van der Waals surface area (Å²) in [5.41, 5.74) is 0.447. The number of likely N-dealkylation sites (N-methyl/N-ethyl adjacent to an activating group) is 1. The molecule has 160 valence electrons. The van der Waals surface area contributed by atoms with Crippen LogP contribution in [0.25, 0.3) is 5.76 Å². The Kier molecular flexibility index (Phi) is 6.62. The van der Waals surface area contributed by atoms with Crippen molar-refractivity contribution in [2.24, 2.45) is 0 Å². The van der Waals surface area contributed by atoms with E-state index >= 15 is 0 Å². The van der Waals surface area contributed by atoms with Gasteiger partial charge in [-0.1, -0.05) is 19.1 Å². The van der Waals surface area contributed by atoms with Gasteiger partial charge in [0, 0.05) is 18.7 Å². The number of ether oxygens (including phenoxy) is 1. The molecule has 7 nitrogen and oxygen atoms in total. The molecule has 3 rings (SSSR count). The number of nitrogens with zero attached hydrogens (tertiary/aromatic N) is 2. The maximum Gasteiger partial charge on any atom is 0.295 e. The van der Waals surface area contributed by atoms with Crippen molar-refractivity contribution in [3.8, 4) is 5.75 Å². The highest BCUT2D eigenvalue weighted by molar-refractivity contribution is 6.46. The Hall–Kier alpha value is -3.06.